The molecule has 0 aromatic heterocycles. The minimum atomic E-state index is -1.15. The molecule has 98 valence electrons. The van der Waals surface area contributed by atoms with Crippen LogP contribution in [0.3, 0.4) is 0 Å². The number of anilines is 2. The van der Waals surface area contributed by atoms with Crippen molar-refractivity contribution in [3.8, 4) is 0 Å². The standard InChI is InChI=1S/C13H17FN2O2/c1-13(3-2-4-13)7-16-11-5-8(12(17)18)10(15)6-9(11)14/h5-6,16H,2-4,7,15H2,1H3,(H,17,18). The van der Waals surface area contributed by atoms with Crippen LogP contribution in [0.15, 0.2) is 12.1 Å². The molecule has 1 aliphatic carbocycles. The van der Waals surface area contributed by atoms with Crippen LogP contribution in [-0.4, -0.2) is 17.6 Å². The van der Waals surface area contributed by atoms with E-state index in [1.165, 1.54) is 12.5 Å². The maximum atomic E-state index is 13.7. The summed E-state index contributed by atoms with van der Waals surface area (Å²) in [7, 11) is 0. The number of nitrogens with two attached hydrogens (primary N) is 1. The molecule has 4 nitrogen and oxygen atoms in total. The molecule has 0 heterocycles. The van der Waals surface area contributed by atoms with Gasteiger partial charge in [0.15, 0.2) is 0 Å². The van der Waals surface area contributed by atoms with Crippen molar-refractivity contribution in [2.45, 2.75) is 26.2 Å². The van der Waals surface area contributed by atoms with Crippen molar-refractivity contribution in [2.75, 3.05) is 17.6 Å². The number of nitrogen functional groups attached to an aromatic ring is 1. The second-order valence-electron chi connectivity index (χ2n) is 5.24. The van der Waals surface area contributed by atoms with Gasteiger partial charge < -0.3 is 16.2 Å². The van der Waals surface area contributed by atoms with Gasteiger partial charge >= 0.3 is 5.97 Å². The van der Waals surface area contributed by atoms with Crippen molar-refractivity contribution in [3.05, 3.63) is 23.5 Å². The summed E-state index contributed by atoms with van der Waals surface area (Å²) >= 11 is 0. The quantitative estimate of drug-likeness (QED) is 0.720. The highest BCUT2D eigenvalue weighted by atomic mass is 19.1. The van der Waals surface area contributed by atoms with Crippen LogP contribution in [0.5, 0.6) is 0 Å². The van der Waals surface area contributed by atoms with Crippen LogP contribution in [0.1, 0.15) is 36.5 Å². The molecular weight excluding hydrogens is 235 g/mol. The molecule has 1 aromatic rings. The van der Waals surface area contributed by atoms with Crippen LogP contribution in [0.4, 0.5) is 15.8 Å². The minimum absolute atomic E-state index is 0.0552. The first-order chi connectivity index (χ1) is 8.41. The van der Waals surface area contributed by atoms with E-state index in [-0.39, 0.29) is 22.4 Å². The Hall–Kier alpha value is -1.78. The number of carbonyl (C=O) groups is 1. The number of benzene rings is 1. The van der Waals surface area contributed by atoms with E-state index in [0.717, 1.165) is 18.9 Å². The van der Waals surface area contributed by atoms with Gasteiger partial charge in [0.1, 0.15) is 5.82 Å². The molecule has 2 rings (SSSR count). The molecule has 0 spiro atoms. The Morgan fingerprint density at radius 2 is 2.22 bits per heavy atom. The first kappa shape index (κ1) is 12.7. The lowest BCUT2D eigenvalue weighted by Gasteiger charge is -2.38. The Morgan fingerprint density at radius 3 is 2.72 bits per heavy atom. The van der Waals surface area contributed by atoms with E-state index in [9.17, 15) is 9.18 Å². The van der Waals surface area contributed by atoms with Gasteiger partial charge in [-0.05, 0) is 30.4 Å². The average Bonchev–Trinajstić information content (AvgIpc) is 2.25. The van der Waals surface area contributed by atoms with Gasteiger partial charge in [-0.3, -0.25) is 0 Å². The summed E-state index contributed by atoms with van der Waals surface area (Å²) in [6.07, 6.45) is 3.42. The fraction of sp³-hybridized carbons (Fsp3) is 0.462. The fourth-order valence-electron chi connectivity index (χ4n) is 2.18. The molecule has 0 bridgehead atoms. The highest BCUT2D eigenvalue weighted by Gasteiger charge is 2.31. The second-order valence-corrected chi connectivity index (χ2v) is 5.24. The first-order valence-electron chi connectivity index (χ1n) is 5.97. The third-order valence-corrected chi connectivity index (χ3v) is 3.64. The summed E-state index contributed by atoms with van der Waals surface area (Å²) in [5.74, 6) is -1.66. The Balaban J connectivity index is 2.16. The Labute approximate surface area is 105 Å². The average molecular weight is 252 g/mol. The molecule has 0 amide bonds. The molecule has 5 heteroatoms. The molecule has 0 atom stereocenters. The van der Waals surface area contributed by atoms with Crippen LogP contribution >= 0.6 is 0 Å². The zero-order valence-corrected chi connectivity index (χ0v) is 10.3. The molecule has 1 aromatic carbocycles. The monoisotopic (exact) mass is 252 g/mol. The topological polar surface area (TPSA) is 75.3 Å². The summed E-state index contributed by atoms with van der Waals surface area (Å²) < 4.78 is 13.7. The Bertz CT molecular complexity index is 484. The van der Waals surface area contributed by atoms with Gasteiger partial charge in [0.25, 0.3) is 0 Å². The highest BCUT2D eigenvalue weighted by Crippen LogP contribution is 2.40. The van der Waals surface area contributed by atoms with E-state index in [1.807, 2.05) is 0 Å². The second kappa shape index (κ2) is 4.48. The number of carboxylic acid groups (broad SMARTS) is 1. The van der Waals surface area contributed by atoms with Crippen LogP contribution in [0.2, 0.25) is 0 Å². The smallest absolute Gasteiger partial charge is 0.337 e. The van der Waals surface area contributed by atoms with Gasteiger partial charge in [-0.25, -0.2) is 9.18 Å². The van der Waals surface area contributed by atoms with Gasteiger partial charge in [-0.15, -0.1) is 0 Å². The van der Waals surface area contributed by atoms with Crippen molar-refractivity contribution < 1.29 is 14.3 Å². The zero-order valence-electron chi connectivity index (χ0n) is 10.3. The maximum absolute atomic E-state index is 13.7. The minimum Gasteiger partial charge on any atom is -0.478 e. The largest absolute Gasteiger partial charge is 0.478 e. The summed E-state index contributed by atoms with van der Waals surface area (Å²) in [6, 6.07) is 2.31. The Kier molecular flexibility index (Phi) is 3.15. The van der Waals surface area contributed by atoms with Crippen molar-refractivity contribution in [3.63, 3.8) is 0 Å². The molecule has 4 N–H and O–H groups in total. The van der Waals surface area contributed by atoms with Crippen LogP contribution in [0.25, 0.3) is 0 Å². The number of nitrogens with one attached hydrogen (secondary N) is 1. The molecule has 0 saturated heterocycles. The Morgan fingerprint density at radius 1 is 1.56 bits per heavy atom. The van der Waals surface area contributed by atoms with Gasteiger partial charge in [0, 0.05) is 12.2 Å². The molecule has 0 unspecified atom stereocenters. The van der Waals surface area contributed by atoms with E-state index < -0.39 is 11.8 Å². The lowest BCUT2D eigenvalue weighted by Crippen LogP contribution is -2.33. The van der Waals surface area contributed by atoms with E-state index in [4.69, 9.17) is 10.8 Å². The maximum Gasteiger partial charge on any atom is 0.337 e. The predicted octanol–water partition coefficient (Wildman–Crippen LogP) is 2.71. The number of rotatable bonds is 4. The summed E-state index contributed by atoms with van der Waals surface area (Å²) in [5, 5.41) is 11.9. The summed E-state index contributed by atoms with van der Waals surface area (Å²) in [6.45, 7) is 2.78. The van der Waals surface area contributed by atoms with E-state index >= 15 is 0 Å². The van der Waals surface area contributed by atoms with E-state index in [0.29, 0.717) is 6.54 Å². The highest BCUT2D eigenvalue weighted by molar-refractivity contribution is 5.94. The van der Waals surface area contributed by atoms with Gasteiger partial charge in [0.2, 0.25) is 0 Å². The molecular formula is C13H17FN2O2. The normalized spacial score (nSPS) is 17.0. The molecule has 0 radical (unpaired) electrons. The number of aromatic carboxylic acids is 1. The van der Waals surface area contributed by atoms with Gasteiger partial charge in [0.05, 0.1) is 11.3 Å². The third-order valence-electron chi connectivity index (χ3n) is 3.64. The summed E-state index contributed by atoms with van der Waals surface area (Å²) in [5.41, 5.74) is 5.73. The molecule has 1 fully saturated rings. The zero-order chi connectivity index (χ0) is 13.3. The number of carboxylic acids is 1. The molecule has 1 saturated carbocycles. The third kappa shape index (κ3) is 2.39. The number of hydrogen-bond donors (Lipinski definition) is 3. The van der Waals surface area contributed by atoms with Crippen LogP contribution in [0, 0.1) is 11.2 Å². The van der Waals surface area contributed by atoms with Crippen molar-refractivity contribution in [1.82, 2.24) is 0 Å². The molecule has 18 heavy (non-hydrogen) atoms. The van der Waals surface area contributed by atoms with Crippen molar-refractivity contribution in [2.24, 2.45) is 5.41 Å². The summed E-state index contributed by atoms with van der Waals surface area (Å²) in [4.78, 5) is 10.9. The van der Waals surface area contributed by atoms with Crippen LogP contribution < -0.4 is 11.1 Å². The van der Waals surface area contributed by atoms with Crippen molar-refractivity contribution >= 4 is 17.3 Å². The van der Waals surface area contributed by atoms with Gasteiger partial charge in [-0.2, -0.15) is 0 Å². The predicted molar refractivity (Wildman–Crippen MR) is 68.2 cm³/mol. The first-order valence-corrected chi connectivity index (χ1v) is 5.97. The van der Waals surface area contributed by atoms with Gasteiger partial charge in [-0.1, -0.05) is 13.3 Å². The fourth-order valence-corrected chi connectivity index (χ4v) is 2.18. The van der Waals surface area contributed by atoms with Crippen LogP contribution in [-0.2, 0) is 0 Å². The molecule has 0 aliphatic heterocycles. The lowest BCUT2D eigenvalue weighted by atomic mass is 9.70. The van der Waals surface area contributed by atoms with Crippen molar-refractivity contribution in [1.29, 1.82) is 0 Å². The van der Waals surface area contributed by atoms with E-state index in [2.05, 4.69) is 12.2 Å². The SMILES string of the molecule is CC1(CNc2cc(C(=O)O)c(N)cc2F)CCC1. The molecule has 1 aliphatic rings. The number of halogens is 1. The number of hydrogen-bond acceptors (Lipinski definition) is 3. The lowest BCUT2D eigenvalue weighted by molar-refractivity contribution is 0.0698. The van der Waals surface area contributed by atoms with E-state index in [1.54, 1.807) is 0 Å².